The lowest BCUT2D eigenvalue weighted by atomic mass is 10.7. The van der Waals surface area contributed by atoms with Gasteiger partial charge in [-0.3, -0.25) is 0 Å². The summed E-state index contributed by atoms with van der Waals surface area (Å²) in [5, 5.41) is 10.3. The molecule has 9 heavy (non-hydrogen) atoms. The van der Waals surface area contributed by atoms with Gasteiger partial charge in [-0.05, 0) is 0 Å². The van der Waals surface area contributed by atoms with Crippen molar-refractivity contribution < 1.29 is 14.7 Å². The first kappa shape index (κ1) is 7.67. The van der Waals surface area contributed by atoms with Crippen LogP contribution in [0.25, 0.3) is 0 Å². The summed E-state index contributed by atoms with van der Waals surface area (Å²) < 4.78 is 4.40. The smallest absolute Gasteiger partial charge is 0.407 e. The lowest BCUT2D eigenvalue weighted by Gasteiger charge is -1.80. The molecule has 6 nitrogen and oxygen atoms in total. The Morgan fingerprint density at radius 2 is 2.33 bits per heavy atom. The van der Waals surface area contributed by atoms with Crippen molar-refractivity contribution in [2.45, 2.75) is 0 Å². The summed E-state index contributed by atoms with van der Waals surface area (Å²) in [7, 11) is 0. The predicted octanol–water partition coefficient (Wildman–Crippen LogP) is -0.132. The third-order valence-corrected chi connectivity index (χ3v) is 0.605. The monoisotopic (exact) mass is 134 g/mol. The molecule has 2 N–H and O–H groups in total. The predicted molar refractivity (Wildman–Crippen MR) is 26.9 cm³/mol. The van der Waals surface area contributed by atoms with Crippen LogP contribution in [0.4, 0.5) is 4.79 Å². The average Bonchev–Trinajstić information content (AvgIpc) is 2.20. The standard InChI is InChI=1S/C3H5NO2.HNO2/c5-3-4-1-2-6-3;2-1-3/h1-2H2,(H,4,5);(H,2,3). The first-order valence-corrected chi connectivity index (χ1v) is 2.18. The minimum absolute atomic E-state index is 0.296. The number of hydrogen-bond donors (Lipinski definition) is 2. The van der Waals surface area contributed by atoms with Crippen molar-refractivity contribution in [3.63, 3.8) is 0 Å². The van der Waals surface area contributed by atoms with Crippen molar-refractivity contribution in [1.29, 1.82) is 0 Å². The van der Waals surface area contributed by atoms with Crippen LogP contribution in [0.3, 0.4) is 0 Å². The first-order chi connectivity index (χ1) is 4.31. The molecule has 0 aromatic heterocycles. The van der Waals surface area contributed by atoms with Crippen LogP contribution >= 0.6 is 0 Å². The molecule has 0 unspecified atom stereocenters. The summed E-state index contributed by atoms with van der Waals surface area (Å²) in [6.07, 6.45) is -0.296. The topological polar surface area (TPSA) is 88.0 Å². The summed E-state index contributed by atoms with van der Waals surface area (Å²) in [5.74, 6) is 0. The van der Waals surface area contributed by atoms with Gasteiger partial charge in [0.1, 0.15) is 6.61 Å². The van der Waals surface area contributed by atoms with E-state index >= 15 is 0 Å². The normalized spacial score (nSPS) is 14.4. The number of nitrogens with one attached hydrogen (secondary N) is 1. The molecule has 0 spiro atoms. The van der Waals surface area contributed by atoms with E-state index in [4.69, 9.17) is 10.1 Å². The third-order valence-electron chi connectivity index (χ3n) is 0.605. The van der Waals surface area contributed by atoms with Crippen LogP contribution in [0, 0.1) is 4.91 Å². The van der Waals surface area contributed by atoms with Crippen molar-refractivity contribution in [3.05, 3.63) is 4.91 Å². The zero-order valence-corrected chi connectivity index (χ0v) is 4.53. The van der Waals surface area contributed by atoms with E-state index in [9.17, 15) is 4.79 Å². The highest BCUT2D eigenvalue weighted by molar-refractivity contribution is 5.68. The molecule has 0 aliphatic carbocycles. The highest BCUT2D eigenvalue weighted by Crippen LogP contribution is 1.82. The van der Waals surface area contributed by atoms with Gasteiger partial charge in [0.2, 0.25) is 0 Å². The summed E-state index contributed by atoms with van der Waals surface area (Å²) in [6.45, 7) is 1.19. The van der Waals surface area contributed by atoms with Crippen LogP contribution < -0.4 is 5.32 Å². The minimum Gasteiger partial charge on any atom is -0.448 e. The second-order valence-electron chi connectivity index (χ2n) is 1.14. The quantitative estimate of drug-likeness (QED) is 0.356. The molecule has 1 aliphatic heterocycles. The van der Waals surface area contributed by atoms with Crippen LogP contribution in [0.2, 0.25) is 0 Å². The molecule has 1 heterocycles. The molecule has 0 aromatic carbocycles. The Bertz CT molecular complexity index is 96.0. The largest absolute Gasteiger partial charge is 0.448 e. The van der Waals surface area contributed by atoms with Crippen LogP contribution in [0.5, 0.6) is 0 Å². The van der Waals surface area contributed by atoms with Crippen LogP contribution in [0.1, 0.15) is 0 Å². The van der Waals surface area contributed by atoms with E-state index in [1.807, 2.05) is 0 Å². The van der Waals surface area contributed by atoms with Gasteiger partial charge >= 0.3 is 6.09 Å². The van der Waals surface area contributed by atoms with Gasteiger partial charge in [-0.2, -0.15) is 0 Å². The molecule has 0 radical (unpaired) electrons. The second-order valence-corrected chi connectivity index (χ2v) is 1.14. The maximum absolute atomic E-state index is 9.91. The molecule has 6 heteroatoms. The van der Waals surface area contributed by atoms with Gasteiger partial charge in [0.25, 0.3) is 0 Å². The van der Waals surface area contributed by atoms with Gasteiger partial charge in [-0.1, -0.05) is 0 Å². The fourth-order valence-electron chi connectivity index (χ4n) is 0.348. The Morgan fingerprint density at radius 3 is 2.44 bits per heavy atom. The number of carbonyl (C=O) groups excluding carboxylic acids is 1. The molecule has 1 rings (SSSR count). The zero-order chi connectivity index (χ0) is 7.11. The number of ether oxygens (including phenoxy) is 1. The van der Waals surface area contributed by atoms with E-state index in [0.717, 1.165) is 0 Å². The van der Waals surface area contributed by atoms with E-state index in [0.29, 0.717) is 13.2 Å². The lowest BCUT2D eigenvalue weighted by molar-refractivity contribution is 0.178. The van der Waals surface area contributed by atoms with Gasteiger partial charge in [-0.15, -0.1) is 4.91 Å². The van der Waals surface area contributed by atoms with Crippen molar-refractivity contribution in [2.75, 3.05) is 13.2 Å². The molecule has 0 atom stereocenters. The van der Waals surface area contributed by atoms with Crippen molar-refractivity contribution in [3.8, 4) is 0 Å². The Morgan fingerprint density at radius 1 is 1.78 bits per heavy atom. The number of amides is 1. The summed E-state index contributed by atoms with van der Waals surface area (Å²) >= 11 is 0. The van der Waals surface area contributed by atoms with Crippen molar-refractivity contribution >= 4 is 6.09 Å². The van der Waals surface area contributed by atoms with Gasteiger partial charge < -0.3 is 15.3 Å². The Kier molecular flexibility index (Phi) is 4.11. The van der Waals surface area contributed by atoms with Gasteiger partial charge in [0.05, 0.1) is 6.54 Å². The van der Waals surface area contributed by atoms with Gasteiger partial charge in [0.15, 0.2) is 5.34 Å². The SMILES string of the molecule is O=C1NCCO1.O=NO. The second kappa shape index (κ2) is 4.82. The number of nitrogens with zero attached hydrogens (tertiary/aromatic N) is 1. The number of cyclic esters (lactones) is 1. The van der Waals surface area contributed by atoms with Gasteiger partial charge in [-0.25, -0.2) is 4.79 Å². The summed E-state index contributed by atoms with van der Waals surface area (Å²) in [4.78, 5) is 18.0. The van der Waals surface area contributed by atoms with Crippen molar-refractivity contribution in [2.24, 2.45) is 5.34 Å². The van der Waals surface area contributed by atoms with E-state index in [2.05, 4.69) is 10.1 Å². The Balaban J connectivity index is 0.000000187. The lowest BCUT2D eigenvalue weighted by Crippen LogP contribution is -2.11. The minimum atomic E-state index is -0.296. The molecule has 0 bridgehead atoms. The molecule has 1 fully saturated rings. The van der Waals surface area contributed by atoms with E-state index in [1.54, 1.807) is 0 Å². The third kappa shape index (κ3) is 4.52. The van der Waals surface area contributed by atoms with E-state index in [-0.39, 0.29) is 6.09 Å². The molecule has 1 aliphatic rings. The summed E-state index contributed by atoms with van der Waals surface area (Å²) in [6, 6.07) is 0. The molecule has 0 aromatic rings. The molecule has 1 saturated heterocycles. The number of hydrogen-bond acceptors (Lipinski definition) is 4. The summed E-state index contributed by atoms with van der Waals surface area (Å²) in [5.41, 5.74) is 0. The van der Waals surface area contributed by atoms with E-state index in [1.165, 1.54) is 5.34 Å². The van der Waals surface area contributed by atoms with Crippen LogP contribution in [0.15, 0.2) is 5.34 Å². The van der Waals surface area contributed by atoms with Crippen LogP contribution in [-0.4, -0.2) is 24.5 Å². The van der Waals surface area contributed by atoms with E-state index < -0.39 is 0 Å². The number of alkyl carbamates (subject to hydrolysis) is 1. The molecule has 0 saturated carbocycles. The highest BCUT2D eigenvalue weighted by atomic mass is 16.6. The van der Waals surface area contributed by atoms with Crippen LogP contribution in [-0.2, 0) is 4.74 Å². The Hall–Kier alpha value is -1.33. The highest BCUT2D eigenvalue weighted by Gasteiger charge is 2.06. The average molecular weight is 134 g/mol. The fourth-order valence-corrected chi connectivity index (χ4v) is 0.348. The maximum Gasteiger partial charge on any atom is 0.407 e. The van der Waals surface area contributed by atoms with Gasteiger partial charge in [0, 0.05) is 0 Å². The zero-order valence-electron chi connectivity index (χ0n) is 4.53. The molecular weight excluding hydrogens is 128 g/mol. The number of rotatable bonds is 0. The number of carbonyl (C=O) groups is 1. The Labute approximate surface area is 50.7 Å². The molecule has 52 valence electrons. The molecular formula is C3H6N2O4. The van der Waals surface area contributed by atoms with Crippen molar-refractivity contribution in [1.82, 2.24) is 5.32 Å². The molecule has 1 amide bonds. The first-order valence-electron chi connectivity index (χ1n) is 2.18. The fraction of sp³-hybridized carbons (Fsp3) is 0.667. The maximum atomic E-state index is 9.91.